The molecular formula is C20H31IN4S. The maximum atomic E-state index is 4.52. The van der Waals surface area contributed by atoms with Gasteiger partial charge in [-0.15, -0.1) is 24.0 Å². The van der Waals surface area contributed by atoms with E-state index in [9.17, 15) is 0 Å². The Bertz CT molecular complexity index is 624. The molecule has 144 valence electrons. The van der Waals surface area contributed by atoms with E-state index in [1.807, 2.05) is 7.05 Å². The second-order valence-electron chi connectivity index (χ2n) is 7.05. The van der Waals surface area contributed by atoms with Gasteiger partial charge in [-0.05, 0) is 23.6 Å². The van der Waals surface area contributed by atoms with Gasteiger partial charge in [-0.25, -0.2) is 0 Å². The summed E-state index contributed by atoms with van der Waals surface area (Å²) in [4.78, 5) is 9.32. The molecule has 1 unspecified atom stereocenters. The van der Waals surface area contributed by atoms with E-state index in [0.29, 0.717) is 11.2 Å². The Morgan fingerprint density at radius 1 is 1.31 bits per heavy atom. The molecule has 26 heavy (non-hydrogen) atoms. The van der Waals surface area contributed by atoms with Crippen LogP contribution in [0.15, 0.2) is 41.4 Å². The highest BCUT2D eigenvalue weighted by Crippen LogP contribution is 2.25. The first-order valence-corrected chi connectivity index (χ1v) is 10.3. The van der Waals surface area contributed by atoms with Gasteiger partial charge in [0, 0.05) is 56.5 Å². The van der Waals surface area contributed by atoms with Crippen LogP contribution in [0, 0.1) is 5.92 Å². The normalized spacial score (nSPS) is 20.5. The first kappa shape index (κ1) is 21.4. The maximum Gasteiger partial charge on any atom is 0.193 e. The van der Waals surface area contributed by atoms with Crippen molar-refractivity contribution < 1.29 is 0 Å². The van der Waals surface area contributed by atoms with E-state index in [2.05, 4.69) is 82.1 Å². The van der Waals surface area contributed by atoms with Crippen LogP contribution in [0.3, 0.4) is 0 Å². The number of nitrogens with zero attached hydrogens (tertiary/aromatic N) is 3. The minimum absolute atomic E-state index is 0. The highest BCUT2D eigenvalue weighted by Gasteiger charge is 2.24. The quantitative estimate of drug-likeness (QED) is 0.304. The summed E-state index contributed by atoms with van der Waals surface area (Å²) in [6.45, 7) is 9.64. The van der Waals surface area contributed by atoms with Crippen LogP contribution in [0.1, 0.15) is 19.4 Å². The number of anilines is 1. The van der Waals surface area contributed by atoms with Gasteiger partial charge in [0.05, 0.1) is 0 Å². The lowest BCUT2D eigenvalue weighted by Gasteiger charge is -2.36. The Hall–Kier alpha value is -0.890. The van der Waals surface area contributed by atoms with Crippen LogP contribution in [0.25, 0.3) is 0 Å². The van der Waals surface area contributed by atoms with Gasteiger partial charge in [-0.2, -0.15) is 11.8 Å². The number of rotatable bonds is 4. The fraction of sp³-hybridized carbons (Fsp3) is 0.550. The van der Waals surface area contributed by atoms with Crippen molar-refractivity contribution in [1.29, 1.82) is 0 Å². The molecule has 0 saturated carbocycles. The molecule has 6 heteroatoms. The summed E-state index contributed by atoms with van der Waals surface area (Å²) in [5.74, 6) is 2.91. The summed E-state index contributed by atoms with van der Waals surface area (Å²) in [6.07, 6.45) is 4.46. The smallest absolute Gasteiger partial charge is 0.193 e. The maximum absolute atomic E-state index is 4.52. The number of thioether (sulfide) groups is 1. The van der Waals surface area contributed by atoms with Gasteiger partial charge in [0.25, 0.3) is 0 Å². The van der Waals surface area contributed by atoms with E-state index in [1.54, 1.807) is 0 Å². The summed E-state index contributed by atoms with van der Waals surface area (Å²) in [5.41, 5.74) is 2.60. The summed E-state index contributed by atoms with van der Waals surface area (Å²) in [5, 5.41) is 4.26. The molecule has 0 aliphatic carbocycles. The molecule has 1 N–H and O–H groups in total. The molecule has 0 radical (unpaired) electrons. The Kier molecular flexibility index (Phi) is 8.60. The first-order chi connectivity index (χ1) is 12.2. The molecule has 0 bridgehead atoms. The lowest BCUT2D eigenvalue weighted by Crippen LogP contribution is -2.48. The van der Waals surface area contributed by atoms with Gasteiger partial charge in [0.2, 0.25) is 0 Å². The van der Waals surface area contributed by atoms with Crippen molar-refractivity contribution in [3.05, 3.63) is 42.0 Å². The third-order valence-corrected chi connectivity index (χ3v) is 6.43. The summed E-state index contributed by atoms with van der Waals surface area (Å²) >= 11 is 2.10. The van der Waals surface area contributed by atoms with Crippen LogP contribution in [0.4, 0.5) is 5.69 Å². The lowest BCUT2D eigenvalue weighted by atomic mass is 10.1. The minimum Gasteiger partial charge on any atom is -0.364 e. The van der Waals surface area contributed by atoms with Crippen molar-refractivity contribution >= 4 is 47.4 Å². The number of nitrogens with one attached hydrogen (secondary N) is 1. The molecule has 4 nitrogen and oxygen atoms in total. The second-order valence-corrected chi connectivity index (χ2v) is 8.39. The van der Waals surface area contributed by atoms with Gasteiger partial charge >= 0.3 is 0 Å². The van der Waals surface area contributed by atoms with Crippen LogP contribution in [0.2, 0.25) is 0 Å². The first-order valence-electron chi connectivity index (χ1n) is 9.23. The van der Waals surface area contributed by atoms with Crippen LogP contribution in [-0.4, -0.2) is 55.1 Å². The van der Waals surface area contributed by atoms with E-state index in [0.717, 1.165) is 38.7 Å². The third-order valence-electron chi connectivity index (χ3n) is 4.89. The lowest BCUT2D eigenvalue weighted by molar-refractivity contribution is 0.380. The monoisotopic (exact) mass is 486 g/mol. The van der Waals surface area contributed by atoms with E-state index in [-0.39, 0.29) is 24.0 Å². The van der Waals surface area contributed by atoms with Crippen molar-refractivity contribution in [2.45, 2.75) is 25.6 Å². The highest BCUT2D eigenvalue weighted by atomic mass is 127. The van der Waals surface area contributed by atoms with Gasteiger partial charge in [-0.1, -0.05) is 38.1 Å². The van der Waals surface area contributed by atoms with E-state index in [1.165, 1.54) is 17.0 Å². The molecule has 0 amide bonds. The highest BCUT2D eigenvalue weighted by molar-refractivity contribution is 14.0. The molecule has 1 aromatic carbocycles. The van der Waals surface area contributed by atoms with Gasteiger partial charge in [0.1, 0.15) is 0 Å². The second kappa shape index (κ2) is 10.4. The van der Waals surface area contributed by atoms with Crippen molar-refractivity contribution in [2.24, 2.45) is 10.9 Å². The molecule has 0 spiro atoms. The fourth-order valence-electron chi connectivity index (χ4n) is 3.34. The van der Waals surface area contributed by atoms with Crippen LogP contribution in [0.5, 0.6) is 0 Å². The molecule has 1 saturated heterocycles. The minimum atomic E-state index is 0. The Morgan fingerprint density at radius 2 is 2.08 bits per heavy atom. The molecule has 2 aliphatic rings. The van der Waals surface area contributed by atoms with E-state index < -0.39 is 0 Å². The number of halogens is 1. The van der Waals surface area contributed by atoms with Crippen LogP contribution >= 0.6 is 35.7 Å². The van der Waals surface area contributed by atoms with Crippen molar-refractivity contribution in [1.82, 2.24) is 10.2 Å². The molecule has 1 atom stereocenters. The van der Waals surface area contributed by atoms with Gasteiger partial charge in [0.15, 0.2) is 5.96 Å². The average molecular weight is 486 g/mol. The number of benzene rings is 1. The Morgan fingerprint density at radius 3 is 2.77 bits per heavy atom. The number of hydrogen-bond donors (Lipinski definition) is 1. The average Bonchev–Trinajstić information content (AvgIpc) is 3.17. The van der Waals surface area contributed by atoms with Crippen LogP contribution < -0.4 is 10.2 Å². The van der Waals surface area contributed by atoms with Crippen molar-refractivity contribution in [3.8, 4) is 0 Å². The molecule has 2 heterocycles. The topological polar surface area (TPSA) is 30.9 Å². The molecule has 2 aliphatic heterocycles. The standard InChI is InChI=1S/C20H30N4S.HI/c1-16(2)19-15-24(11-12-25-19)20(21-3)22-14-17-7-6-8-18(13-17)23-9-4-5-10-23;/h4-8,13,16,19H,9-12,14-15H2,1-3H3,(H,21,22);1H. The molecule has 1 aromatic rings. The number of hydrogen-bond acceptors (Lipinski definition) is 3. The van der Waals surface area contributed by atoms with E-state index >= 15 is 0 Å². The largest absolute Gasteiger partial charge is 0.364 e. The number of guanidine groups is 1. The zero-order chi connectivity index (χ0) is 17.6. The predicted molar refractivity (Wildman–Crippen MR) is 126 cm³/mol. The third kappa shape index (κ3) is 5.55. The van der Waals surface area contributed by atoms with Crippen molar-refractivity contribution in [3.63, 3.8) is 0 Å². The van der Waals surface area contributed by atoms with E-state index in [4.69, 9.17) is 0 Å². The molecule has 3 rings (SSSR count). The number of aliphatic imine (C=N–C) groups is 1. The summed E-state index contributed by atoms with van der Waals surface area (Å²) < 4.78 is 0. The predicted octanol–water partition coefficient (Wildman–Crippen LogP) is 3.83. The molecular weight excluding hydrogens is 455 g/mol. The zero-order valence-electron chi connectivity index (χ0n) is 16.0. The Labute approximate surface area is 179 Å². The SMILES string of the molecule is CN=C(NCc1cccc(N2CC=CC2)c1)N1CCSC(C(C)C)C1.I. The zero-order valence-corrected chi connectivity index (χ0v) is 19.2. The van der Waals surface area contributed by atoms with Gasteiger partial charge < -0.3 is 15.1 Å². The molecule has 1 fully saturated rings. The van der Waals surface area contributed by atoms with Gasteiger partial charge in [-0.3, -0.25) is 4.99 Å². The Balaban J connectivity index is 0.00000243. The van der Waals surface area contributed by atoms with Crippen LogP contribution in [-0.2, 0) is 6.54 Å². The molecule has 0 aromatic heterocycles. The fourth-order valence-corrected chi connectivity index (χ4v) is 4.64. The summed E-state index contributed by atoms with van der Waals surface area (Å²) in [6, 6.07) is 8.83. The summed E-state index contributed by atoms with van der Waals surface area (Å²) in [7, 11) is 1.89. The van der Waals surface area contributed by atoms with Crippen molar-refractivity contribution in [2.75, 3.05) is 43.9 Å².